The van der Waals surface area contributed by atoms with Crippen molar-refractivity contribution in [1.82, 2.24) is 29.5 Å². The van der Waals surface area contributed by atoms with Crippen LogP contribution in [0, 0.1) is 0 Å². The van der Waals surface area contributed by atoms with E-state index >= 15 is 0 Å². The zero-order chi connectivity index (χ0) is 17.7. The van der Waals surface area contributed by atoms with Gasteiger partial charge in [-0.1, -0.05) is 0 Å². The topological polar surface area (TPSA) is 81.7 Å². The van der Waals surface area contributed by atoms with Gasteiger partial charge in [-0.3, -0.25) is 9.48 Å². The van der Waals surface area contributed by atoms with Crippen molar-refractivity contribution >= 4 is 16.9 Å². The molecule has 0 N–H and O–H groups in total. The predicted octanol–water partition coefficient (Wildman–Crippen LogP) is 1.47. The summed E-state index contributed by atoms with van der Waals surface area (Å²) in [5, 5.41) is 9.88. The van der Waals surface area contributed by atoms with Crippen LogP contribution in [0.2, 0.25) is 0 Å². The first-order valence-electron chi connectivity index (χ1n) is 9.18. The van der Waals surface area contributed by atoms with Gasteiger partial charge in [-0.25, -0.2) is 14.6 Å². The minimum absolute atomic E-state index is 0.0320. The molecule has 2 fully saturated rings. The Balaban J connectivity index is 1.47. The van der Waals surface area contributed by atoms with Crippen molar-refractivity contribution in [3.8, 4) is 0 Å². The highest BCUT2D eigenvalue weighted by Gasteiger charge is 2.30. The molecular weight excluding hydrogens is 330 g/mol. The fraction of sp³-hybridized carbons (Fsp3) is 0.500. The van der Waals surface area contributed by atoms with Gasteiger partial charge in [0.1, 0.15) is 12.1 Å². The van der Waals surface area contributed by atoms with Crippen LogP contribution in [-0.4, -0.2) is 42.1 Å². The van der Waals surface area contributed by atoms with E-state index in [-0.39, 0.29) is 11.6 Å². The molecule has 8 nitrogen and oxygen atoms in total. The molecule has 1 saturated heterocycles. The number of rotatable bonds is 4. The monoisotopic (exact) mass is 351 g/mol. The van der Waals surface area contributed by atoms with E-state index < -0.39 is 0 Å². The molecular formula is C18H21N7O. The number of aryl methyl sites for hydroxylation is 1. The SMILES string of the molecule is Cn1ncc2c(N3CCCC3Cn3nc(C4CC4)ccc3=O)ncnc21. The van der Waals surface area contributed by atoms with Crippen LogP contribution < -0.4 is 10.5 Å². The second-order valence-corrected chi connectivity index (χ2v) is 7.24. The Morgan fingerprint density at radius 2 is 2.08 bits per heavy atom. The standard InChI is InChI=1S/C18H21N7O/c1-23-17-14(9-21-23)18(20-11-19-17)24-8-2-3-13(24)10-25-16(26)7-6-15(22-25)12-4-5-12/h6-7,9,11-13H,2-5,8,10H2,1H3. The molecule has 8 heteroatoms. The molecule has 0 bridgehead atoms. The molecule has 2 aliphatic rings. The first-order chi connectivity index (χ1) is 12.7. The van der Waals surface area contributed by atoms with Crippen LogP contribution in [0.1, 0.15) is 37.3 Å². The summed E-state index contributed by atoms with van der Waals surface area (Å²) in [6, 6.07) is 3.74. The first kappa shape index (κ1) is 15.5. The summed E-state index contributed by atoms with van der Waals surface area (Å²) in [4.78, 5) is 23.4. The third kappa shape index (κ3) is 2.56. The molecule has 3 aromatic rings. The van der Waals surface area contributed by atoms with Crippen molar-refractivity contribution in [3.63, 3.8) is 0 Å². The fourth-order valence-electron chi connectivity index (χ4n) is 3.87. The van der Waals surface area contributed by atoms with E-state index in [1.54, 1.807) is 21.8 Å². The maximum Gasteiger partial charge on any atom is 0.266 e. The third-order valence-electron chi connectivity index (χ3n) is 5.42. The minimum atomic E-state index is -0.0320. The zero-order valence-electron chi connectivity index (χ0n) is 14.7. The zero-order valence-corrected chi connectivity index (χ0v) is 14.7. The number of hydrogen-bond donors (Lipinski definition) is 0. The molecule has 0 amide bonds. The van der Waals surface area contributed by atoms with E-state index in [1.807, 2.05) is 19.3 Å². The Bertz CT molecular complexity index is 1020. The van der Waals surface area contributed by atoms with Crippen LogP contribution in [0.25, 0.3) is 11.0 Å². The lowest BCUT2D eigenvalue weighted by Gasteiger charge is -2.26. The summed E-state index contributed by atoms with van der Waals surface area (Å²) >= 11 is 0. The highest BCUT2D eigenvalue weighted by Crippen LogP contribution is 2.38. The molecule has 1 aliphatic heterocycles. The lowest BCUT2D eigenvalue weighted by molar-refractivity contribution is 0.481. The van der Waals surface area contributed by atoms with E-state index in [9.17, 15) is 4.79 Å². The van der Waals surface area contributed by atoms with Crippen molar-refractivity contribution in [2.24, 2.45) is 7.05 Å². The normalized spacial score (nSPS) is 20.2. The number of aromatic nitrogens is 6. The Morgan fingerprint density at radius 3 is 2.92 bits per heavy atom. The summed E-state index contributed by atoms with van der Waals surface area (Å²) in [5.74, 6) is 1.44. The van der Waals surface area contributed by atoms with Crippen molar-refractivity contribution in [3.05, 3.63) is 40.7 Å². The Morgan fingerprint density at radius 1 is 1.19 bits per heavy atom. The van der Waals surface area contributed by atoms with E-state index in [1.165, 1.54) is 12.8 Å². The molecule has 0 aromatic carbocycles. The number of fused-ring (bicyclic) bond motifs is 1. The van der Waals surface area contributed by atoms with Gasteiger partial charge in [0, 0.05) is 25.6 Å². The highest BCUT2D eigenvalue weighted by atomic mass is 16.1. The summed E-state index contributed by atoms with van der Waals surface area (Å²) in [6.45, 7) is 1.51. The smallest absolute Gasteiger partial charge is 0.266 e. The van der Waals surface area contributed by atoms with Gasteiger partial charge in [0.2, 0.25) is 0 Å². The number of nitrogens with zero attached hydrogens (tertiary/aromatic N) is 7. The summed E-state index contributed by atoms with van der Waals surface area (Å²) in [6.07, 6.45) is 7.87. The van der Waals surface area contributed by atoms with E-state index in [0.29, 0.717) is 12.5 Å². The molecule has 1 unspecified atom stereocenters. The predicted molar refractivity (Wildman–Crippen MR) is 97.1 cm³/mol. The van der Waals surface area contributed by atoms with Crippen molar-refractivity contribution in [1.29, 1.82) is 0 Å². The highest BCUT2D eigenvalue weighted by molar-refractivity contribution is 5.86. The Hall–Kier alpha value is -2.77. The average Bonchev–Trinajstić information content (AvgIpc) is 3.29. The molecule has 134 valence electrons. The van der Waals surface area contributed by atoms with Crippen LogP contribution in [0.3, 0.4) is 0 Å². The van der Waals surface area contributed by atoms with E-state index in [4.69, 9.17) is 0 Å². The second-order valence-electron chi connectivity index (χ2n) is 7.24. The van der Waals surface area contributed by atoms with Crippen LogP contribution in [0.5, 0.6) is 0 Å². The summed E-state index contributed by atoms with van der Waals surface area (Å²) in [7, 11) is 1.88. The third-order valence-corrected chi connectivity index (χ3v) is 5.42. The fourth-order valence-corrected chi connectivity index (χ4v) is 3.87. The largest absolute Gasteiger partial charge is 0.351 e. The average molecular weight is 351 g/mol. The van der Waals surface area contributed by atoms with Gasteiger partial charge in [-0.05, 0) is 31.7 Å². The maximum atomic E-state index is 12.3. The van der Waals surface area contributed by atoms with Crippen LogP contribution in [-0.2, 0) is 13.6 Å². The Kier molecular flexibility index (Phi) is 3.51. The lowest BCUT2D eigenvalue weighted by atomic mass is 10.2. The van der Waals surface area contributed by atoms with Gasteiger partial charge >= 0.3 is 0 Å². The van der Waals surface area contributed by atoms with Gasteiger partial charge in [0.15, 0.2) is 5.65 Å². The molecule has 1 aliphatic carbocycles. The molecule has 3 aromatic heterocycles. The summed E-state index contributed by atoms with van der Waals surface area (Å²) in [5.41, 5.74) is 1.84. The molecule has 5 rings (SSSR count). The molecule has 1 saturated carbocycles. The molecule has 0 radical (unpaired) electrons. The molecule has 1 atom stereocenters. The van der Waals surface area contributed by atoms with E-state index in [2.05, 4.69) is 25.1 Å². The minimum Gasteiger partial charge on any atom is -0.351 e. The van der Waals surface area contributed by atoms with Crippen LogP contribution in [0.4, 0.5) is 5.82 Å². The lowest BCUT2D eigenvalue weighted by Crippen LogP contribution is -2.37. The van der Waals surface area contributed by atoms with Crippen molar-refractivity contribution < 1.29 is 0 Å². The quantitative estimate of drug-likeness (QED) is 0.708. The molecule has 0 spiro atoms. The van der Waals surface area contributed by atoms with Crippen molar-refractivity contribution in [2.75, 3.05) is 11.4 Å². The summed E-state index contributed by atoms with van der Waals surface area (Å²) < 4.78 is 3.40. The van der Waals surface area contributed by atoms with Gasteiger partial charge in [-0.15, -0.1) is 0 Å². The second kappa shape index (κ2) is 5.89. The maximum absolute atomic E-state index is 12.3. The van der Waals surface area contributed by atoms with Gasteiger partial charge in [0.25, 0.3) is 5.56 Å². The van der Waals surface area contributed by atoms with Gasteiger partial charge in [0.05, 0.1) is 29.9 Å². The van der Waals surface area contributed by atoms with Crippen molar-refractivity contribution in [2.45, 2.75) is 44.2 Å². The Labute approximate surface area is 150 Å². The molecule has 4 heterocycles. The van der Waals surface area contributed by atoms with Crippen LogP contribution in [0.15, 0.2) is 29.5 Å². The number of anilines is 1. The molecule has 26 heavy (non-hydrogen) atoms. The number of hydrogen-bond acceptors (Lipinski definition) is 6. The van der Waals surface area contributed by atoms with Gasteiger partial charge in [-0.2, -0.15) is 10.2 Å². The van der Waals surface area contributed by atoms with Gasteiger partial charge < -0.3 is 4.90 Å². The van der Waals surface area contributed by atoms with E-state index in [0.717, 1.165) is 41.9 Å². The first-order valence-corrected chi connectivity index (χ1v) is 9.18. The van der Waals surface area contributed by atoms with Crippen LogP contribution >= 0.6 is 0 Å².